The van der Waals surface area contributed by atoms with E-state index in [2.05, 4.69) is 22.3 Å². The molecule has 3 saturated heterocycles. The Kier molecular flexibility index (Phi) is 6.77. The number of amides is 2. The van der Waals surface area contributed by atoms with Crippen molar-refractivity contribution < 1.29 is 9.59 Å². The Morgan fingerprint density at radius 3 is 2.22 bits per heavy atom. The zero-order valence-electron chi connectivity index (χ0n) is 15.8. The van der Waals surface area contributed by atoms with Crippen LogP contribution in [0.4, 0.5) is 0 Å². The zero-order chi connectivity index (χ0) is 17.9. The minimum absolute atomic E-state index is 0. The summed E-state index contributed by atoms with van der Waals surface area (Å²) in [6, 6.07) is 10.2. The highest BCUT2D eigenvalue weighted by Crippen LogP contribution is 2.29. The first-order valence-electron chi connectivity index (χ1n) is 10.0. The van der Waals surface area contributed by atoms with Gasteiger partial charge in [0.1, 0.15) is 0 Å². The molecule has 0 saturated carbocycles. The molecule has 0 unspecified atom stereocenters. The van der Waals surface area contributed by atoms with E-state index in [9.17, 15) is 9.59 Å². The number of carbonyl (C=O) groups excluding carboxylic acids is 2. The van der Waals surface area contributed by atoms with Gasteiger partial charge in [0, 0.05) is 51.6 Å². The van der Waals surface area contributed by atoms with Crippen LogP contribution in [0.2, 0.25) is 0 Å². The first kappa shape index (κ1) is 20.2. The van der Waals surface area contributed by atoms with Crippen molar-refractivity contribution >= 4 is 24.2 Å². The number of likely N-dealkylation sites (tertiary alicyclic amines) is 2. The van der Waals surface area contributed by atoms with Gasteiger partial charge in [-0.15, -0.1) is 12.4 Å². The molecule has 148 valence electrons. The first-order valence-corrected chi connectivity index (χ1v) is 10.0. The Morgan fingerprint density at radius 2 is 1.59 bits per heavy atom. The van der Waals surface area contributed by atoms with Crippen molar-refractivity contribution in [3.8, 4) is 0 Å². The van der Waals surface area contributed by atoms with E-state index in [1.807, 2.05) is 23.1 Å². The SMILES string of the molecule is Cl.O=C(CCc1ccccc1)N1CCC(C(=O)N2C[C@H]3CNC[C@H]3C2)CC1. The van der Waals surface area contributed by atoms with E-state index in [0.29, 0.717) is 24.2 Å². The lowest BCUT2D eigenvalue weighted by molar-refractivity contribution is -0.140. The molecule has 0 aromatic heterocycles. The molecule has 5 nitrogen and oxygen atoms in total. The number of nitrogens with one attached hydrogen (secondary N) is 1. The maximum atomic E-state index is 12.8. The molecule has 2 atom stereocenters. The van der Waals surface area contributed by atoms with Crippen molar-refractivity contribution in [1.82, 2.24) is 15.1 Å². The van der Waals surface area contributed by atoms with Crippen LogP contribution in [0, 0.1) is 17.8 Å². The van der Waals surface area contributed by atoms with Crippen LogP contribution in [0.3, 0.4) is 0 Å². The van der Waals surface area contributed by atoms with Gasteiger partial charge in [-0.25, -0.2) is 0 Å². The minimum Gasteiger partial charge on any atom is -0.343 e. The Bertz CT molecular complexity index is 634. The average molecular weight is 392 g/mol. The van der Waals surface area contributed by atoms with E-state index in [1.54, 1.807) is 0 Å². The second-order valence-corrected chi connectivity index (χ2v) is 8.06. The van der Waals surface area contributed by atoms with Gasteiger partial charge in [-0.1, -0.05) is 30.3 Å². The fraction of sp³-hybridized carbons (Fsp3) is 0.619. The van der Waals surface area contributed by atoms with Crippen LogP contribution < -0.4 is 5.32 Å². The molecule has 3 aliphatic heterocycles. The van der Waals surface area contributed by atoms with E-state index < -0.39 is 0 Å². The minimum atomic E-state index is 0. The van der Waals surface area contributed by atoms with E-state index in [0.717, 1.165) is 58.5 Å². The Balaban J connectivity index is 0.00000210. The molecule has 3 heterocycles. The van der Waals surface area contributed by atoms with Crippen molar-refractivity contribution in [3.05, 3.63) is 35.9 Å². The Morgan fingerprint density at radius 1 is 0.963 bits per heavy atom. The van der Waals surface area contributed by atoms with E-state index in [4.69, 9.17) is 0 Å². The quantitative estimate of drug-likeness (QED) is 0.853. The highest BCUT2D eigenvalue weighted by atomic mass is 35.5. The third-order valence-corrected chi connectivity index (χ3v) is 6.37. The molecular weight excluding hydrogens is 362 g/mol. The third-order valence-electron chi connectivity index (χ3n) is 6.37. The molecule has 1 N–H and O–H groups in total. The number of hydrogen-bond acceptors (Lipinski definition) is 3. The van der Waals surface area contributed by atoms with Gasteiger partial charge in [0.15, 0.2) is 0 Å². The molecule has 1 aromatic rings. The second kappa shape index (κ2) is 9.07. The summed E-state index contributed by atoms with van der Waals surface area (Å²) in [4.78, 5) is 29.3. The fourth-order valence-corrected chi connectivity index (χ4v) is 4.72. The molecule has 27 heavy (non-hydrogen) atoms. The summed E-state index contributed by atoms with van der Waals surface area (Å²) in [5.74, 6) is 1.97. The van der Waals surface area contributed by atoms with Crippen molar-refractivity contribution in [2.75, 3.05) is 39.3 Å². The van der Waals surface area contributed by atoms with Gasteiger partial charge in [0.25, 0.3) is 0 Å². The standard InChI is InChI=1S/C21H29N3O2.ClH/c25-20(7-6-16-4-2-1-3-5-16)23-10-8-17(9-11-23)21(26)24-14-18-12-22-13-19(18)15-24;/h1-5,17-19,22H,6-15H2;1H/t18-,19+;. The molecular formula is C21H30ClN3O2. The van der Waals surface area contributed by atoms with Crippen LogP contribution in [0.5, 0.6) is 0 Å². The summed E-state index contributed by atoms with van der Waals surface area (Å²) in [6.45, 7) is 5.42. The van der Waals surface area contributed by atoms with Crippen LogP contribution in [-0.4, -0.2) is 60.9 Å². The summed E-state index contributed by atoms with van der Waals surface area (Å²) >= 11 is 0. The highest BCUT2D eigenvalue weighted by Gasteiger charge is 2.40. The average Bonchev–Trinajstić information content (AvgIpc) is 3.29. The lowest BCUT2D eigenvalue weighted by Crippen LogP contribution is -2.44. The number of benzene rings is 1. The van der Waals surface area contributed by atoms with Gasteiger partial charge in [-0.2, -0.15) is 0 Å². The molecule has 0 spiro atoms. The predicted molar refractivity (Wildman–Crippen MR) is 108 cm³/mol. The second-order valence-electron chi connectivity index (χ2n) is 8.06. The fourth-order valence-electron chi connectivity index (χ4n) is 4.72. The van der Waals surface area contributed by atoms with Crippen molar-refractivity contribution in [3.63, 3.8) is 0 Å². The van der Waals surface area contributed by atoms with Crippen LogP contribution >= 0.6 is 12.4 Å². The largest absolute Gasteiger partial charge is 0.343 e. The summed E-state index contributed by atoms with van der Waals surface area (Å²) in [6.07, 6.45) is 2.99. The van der Waals surface area contributed by atoms with Crippen molar-refractivity contribution in [1.29, 1.82) is 0 Å². The van der Waals surface area contributed by atoms with Gasteiger partial charge >= 0.3 is 0 Å². The van der Waals surface area contributed by atoms with Crippen LogP contribution in [0.1, 0.15) is 24.8 Å². The predicted octanol–water partition coefficient (Wildman–Crippen LogP) is 1.96. The molecule has 1 aromatic carbocycles. The number of fused-ring (bicyclic) bond motifs is 1. The molecule has 0 aliphatic carbocycles. The summed E-state index contributed by atoms with van der Waals surface area (Å²) in [7, 11) is 0. The molecule has 4 rings (SSSR count). The van der Waals surface area contributed by atoms with Crippen LogP contribution in [0.15, 0.2) is 30.3 Å². The molecule has 2 amide bonds. The molecule has 6 heteroatoms. The number of hydrogen-bond donors (Lipinski definition) is 1. The monoisotopic (exact) mass is 391 g/mol. The Hall–Kier alpha value is -1.59. The number of nitrogens with zero attached hydrogens (tertiary/aromatic N) is 2. The van der Waals surface area contributed by atoms with Gasteiger partial charge in [-0.05, 0) is 36.7 Å². The van der Waals surface area contributed by atoms with Gasteiger partial charge in [-0.3, -0.25) is 9.59 Å². The van der Waals surface area contributed by atoms with Gasteiger partial charge in [0.2, 0.25) is 11.8 Å². The molecule has 3 fully saturated rings. The van der Waals surface area contributed by atoms with Gasteiger partial charge < -0.3 is 15.1 Å². The highest BCUT2D eigenvalue weighted by molar-refractivity contribution is 5.85. The van der Waals surface area contributed by atoms with Crippen molar-refractivity contribution in [2.24, 2.45) is 17.8 Å². The maximum Gasteiger partial charge on any atom is 0.225 e. The Labute approximate surface area is 167 Å². The lowest BCUT2D eigenvalue weighted by atomic mass is 9.95. The summed E-state index contributed by atoms with van der Waals surface area (Å²) in [5.41, 5.74) is 1.21. The molecule has 3 aliphatic rings. The van der Waals surface area contributed by atoms with E-state index in [1.165, 1.54) is 5.56 Å². The first-order chi connectivity index (χ1) is 12.7. The van der Waals surface area contributed by atoms with Crippen LogP contribution in [0.25, 0.3) is 0 Å². The number of piperidine rings is 1. The zero-order valence-corrected chi connectivity index (χ0v) is 16.6. The summed E-state index contributed by atoms with van der Waals surface area (Å²) < 4.78 is 0. The van der Waals surface area contributed by atoms with Crippen molar-refractivity contribution in [2.45, 2.75) is 25.7 Å². The third kappa shape index (κ3) is 4.64. The number of aryl methyl sites for hydroxylation is 1. The van der Waals surface area contributed by atoms with Crippen LogP contribution in [-0.2, 0) is 16.0 Å². The topological polar surface area (TPSA) is 52.7 Å². The maximum absolute atomic E-state index is 12.8. The molecule has 0 bridgehead atoms. The smallest absolute Gasteiger partial charge is 0.225 e. The number of rotatable bonds is 4. The summed E-state index contributed by atoms with van der Waals surface area (Å²) in [5, 5.41) is 3.42. The normalized spacial score (nSPS) is 25.2. The molecule has 0 radical (unpaired) electrons. The van der Waals surface area contributed by atoms with E-state index in [-0.39, 0.29) is 24.2 Å². The van der Waals surface area contributed by atoms with E-state index >= 15 is 0 Å². The lowest BCUT2D eigenvalue weighted by Gasteiger charge is -2.33. The van der Waals surface area contributed by atoms with Gasteiger partial charge in [0.05, 0.1) is 0 Å². The number of carbonyl (C=O) groups is 2. The number of halogens is 1.